The number of ether oxygens (including phenoxy) is 1. The molecule has 152 valence electrons. The lowest BCUT2D eigenvalue weighted by atomic mass is 9.75. The van der Waals surface area contributed by atoms with Gasteiger partial charge in [0.15, 0.2) is 0 Å². The molecule has 0 amide bonds. The number of aryl methyl sites for hydroxylation is 1. The summed E-state index contributed by atoms with van der Waals surface area (Å²) in [4.78, 5) is 12.6. The van der Waals surface area contributed by atoms with Crippen molar-refractivity contribution in [3.8, 4) is 11.8 Å². The van der Waals surface area contributed by atoms with Crippen LogP contribution in [0.1, 0.15) is 59.2 Å². The van der Waals surface area contributed by atoms with Gasteiger partial charge in [-0.05, 0) is 61.4 Å². The van der Waals surface area contributed by atoms with Crippen molar-refractivity contribution in [2.24, 2.45) is 16.9 Å². The Hall–Kier alpha value is -2.84. The molecule has 2 unspecified atom stereocenters. The monoisotopic (exact) mass is 419 g/mol. The summed E-state index contributed by atoms with van der Waals surface area (Å²) in [6, 6.07) is 12.8. The van der Waals surface area contributed by atoms with Crippen LogP contribution in [0.2, 0.25) is 5.02 Å². The minimum atomic E-state index is -0.434. The Morgan fingerprint density at radius 3 is 2.77 bits per heavy atom. The van der Waals surface area contributed by atoms with E-state index in [1.807, 2.05) is 18.2 Å². The van der Waals surface area contributed by atoms with Crippen LogP contribution in [0, 0.1) is 23.2 Å². The van der Waals surface area contributed by atoms with E-state index in [1.54, 1.807) is 18.2 Å². The molecule has 1 fully saturated rings. The van der Waals surface area contributed by atoms with Crippen LogP contribution in [-0.2, 0) is 6.42 Å². The number of hydrazone groups is 1. The molecule has 2 aliphatic carbocycles. The zero-order valence-electron chi connectivity index (χ0n) is 16.5. The topological polar surface area (TPSA) is 74.5 Å². The quantitative estimate of drug-likeness (QED) is 0.569. The summed E-state index contributed by atoms with van der Waals surface area (Å²) < 4.78 is 5.47. The predicted molar refractivity (Wildman–Crippen MR) is 115 cm³/mol. The Balaban J connectivity index is 1.33. The molecule has 1 N–H and O–H groups in total. The SMILES string of the molecule is N#Cc1ccc(OC(=O)c2ccc3c(c2)CCC2C3=NNC2C2CCCC2)cc1Cl. The number of rotatable bonds is 3. The third-order valence-corrected chi connectivity index (χ3v) is 6.95. The Morgan fingerprint density at radius 2 is 2.00 bits per heavy atom. The van der Waals surface area contributed by atoms with Crippen LogP contribution in [0.3, 0.4) is 0 Å². The number of esters is 1. The van der Waals surface area contributed by atoms with Gasteiger partial charge in [-0.25, -0.2) is 4.79 Å². The summed E-state index contributed by atoms with van der Waals surface area (Å²) in [6.07, 6.45) is 7.26. The van der Waals surface area contributed by atoms with Crippen LogP contribution in [0.25, 0.3) is 0 Å². The highest BCUT2D eigenvalue weighted by atomic mass is 35.5. The minimum Gasteiger partial charge on any atom is -0.423 e. The normalized spacial score (nSPS) is 22.5. The summed E-state index contributed by atoms with van der Waals surface area (Å²) in [5.74, 6) is 1.09. The summed E-state index contributed by atoms with van der Waals surface area (Å²) in [6.45, 7) is 0. The van der Waals surface area contributed by atoms with Crippen molar-refractivity contribution in [3.05, 3.63) is 63.7 Å². The van der Waals surface area contributed by atoms with Crippen molar-refractivity contribution in [3.63, 3.8) is 0 Å². The smallest absolute Gasteiger partial charge is 0.343 e. The van der Waals surface area contributed by atoms with E-state index in [2.05, 4.69) is 5.43 Å². The Kier molecular flexibility index (Phi) is 4.96. The van der Waals surface area contributed by atoms with Gasteiger partial charge < -0.3 is 10.2 Å². The Bertz CT molecular complexity index is 1080. The second-order valence-corrected chi connectivity index (χ2v) is 8.76. The molecule has 3 aliphatic rings. The molecule has 1 heterocycles. The standard InChI is InChI=1S/C24H22ClN3O2/c25-21-12-18(8-5-17(21)13-26)30-24(29)16-7-9-19-15(11-16)6-10-20-22(27-28-23(19)20)14-3-1-2-4-14/h5,7-9,11-12,14,20,22,27H,1-4,6,10H2. The van der Waals surface area contributed by atoms with E-state index in [0.29, 0.717) is 28.8 Å². The average Bonchev–Trinajstić information content (AvgIpc) is 3.43. The molecule has 6 heteroatoms. The largest absolute Gasteiger partial charge is 0.423 e. The van der Waals surface area contributed by atoms with Crippen LogP contribution >= 0.6 is 11.6 Å². The van der Waals surface area contributed by atoms with E-state index in [-0.39, 0.29) is 5.02 Å². The first-order valence-corrected chi connectivity index (χ1v) is 10.9. The molecule has 1 saturated carbocycles. The predicted octanol–water partition coefficient (Wildman–Crippen LogP) is 4.86. The van der Waals surface area contributed by atoms with E-state index in [0.717, 1.165) is 35.6 Å². The molecule has 30 heavy (non-hydrogen) atoms. The highest BCUT2D eigenvalue weighted by Gasteiger charge is 2.40. The van der Waals surface area contributed by atoms with Crippen molar-refractivity contribution in [1.29, 1.82) is 5.26 Å². The number of hydrogen-bond donors (Lipinski definition) is 1. The summed E-state index contributed by atoms with van der Waals surface area (Å²) >= 11 is 6.03. The molecule has 1 aliphatic heterocycles. The molecule has 0 aromatic heterocycles. The maximum Gasteiger partial charge on any atom is 0.343 e. The Morgan fingerprint density at radius 1 is 1.17 bits per heavy atom. The van der Waals surface area contributed by atoms with Gasteiger partial charge in [-0.2, -0.15) is 10.4 Å². The van der Waals surface area contributed by atoms with Crippen LogP contribution in [-0.4, -0.2) is 17.7 Å². The number of nitrogens with one attached hydrogen (secondary N) is 1. The first kappa shape index (κ1) is 19.1. The fourth-order valence-corrected chi connectivity index (χ4v) is 5.33. The third kappa shape index (κ3) is 3.36. The van der Waals surface area contributed by atoms with Gasteiger partial charge in [0.2, 0.25) is 0 Å². The fourth-order valence-electron chi connectivity index (χ4n) is 5.12. The van der Waals surface area contributed by atoms with Gasteiger partial charge in [-0.3, -0.25) is 0 Å². The maximum absolute atomic E-state index is 12.6. The number of carbonyl (C=O) groups excluding carboxylic acids is 1. The molecule has 5 rings (SSSR count). The number of carbonyl (C=O) groups is 1. The van der Waals surface area contributed by atoms with Gasteiger partial charge in [0.25, 0.3) is 0 Å². The summed E-state index contributed by atoms with van der Waals surface area (Å²) in [7, 11) is 0. The van der Waals surface area contributed by atoms with Gasteiger partial charge in [-0.15, -0.1) is 0 Å². The molecule has 0 radical (unpaired) electrons. The second-order valence-electron chi connectivity index (χ2n) is 8.36. The Labute approximate surface area is 180 Å². The van der Waals surface area contributed by atoms with Gasteiger partial charge >= 0.3 is 5.97 Å². The van der Waals surface area contributed by atoms with Gasteiger partial charge in [-0.1, -0.05) is 30.5 Å². The van der Waals surface area contributed by atoms with Crippen LogP contribution in [0.15, 0.2) is 41.5 Å². The van der Waals surface area contributed by atoms with Gasteiger partial charge in [0, 0.05) is 17.5 Å². The zero-order valence-corrected chi connectivity index (χ0v) is 17.3. The fraction of sp³-hybridized carbons (Fsp3) is 0.375. The van der Waals surface area contributed by atoms with E-state index in [1.165, 1.54) is 31.7 Å². The molecule has 2 atom stereocenters. The molecular weight excluding hydrogens is 398 g/mol. The van der Waals surface area contributed by atoms with Crippen molar-refractivity contribution >= 4 is 23.3 Å². The molecule has 2 aromatic carbocycles. The van der Waals surface area contributed by atoms with Gasteiger partial charge in [0.05, 0.1) is 27.9 Å². The van der Waals surface area contributed by atoms with E-state index in [9.17, 15) is 4.79 Å². The first-order chi connectivity index (χ1) is 14.6. The number of hydrogen-bond acceptors (Lipinski definition) is 5. The van der Waals surface area contributed by atoms with Crippen molar-refractivity contribution in [2.45, 2.75) is 44.6 Å². The number of benzene rings is 2. The van der Waals surface area contributed by atoms with Crippen LogP contribution in [0.5, 0.6) is 5.75 Å². The number of halogens is 1. The molecule has 0 bridgehead atoms. The summed E-state index contributed by atoms with van der Waals surface area (Å²) in [5.41, 5.74) is 7.72. The first-order valence-electron chi connectivity index (χ1n) is 10.5. The van der Waals surface area contributed by atoms with Crippen molar-refractivity contribution in [1.82, 2.24) is 5.43 Å². The van der Waals surface area contributed by atoms with E-state index >= 15 is 0 Å². The molecule has 5 nitrogen and oxygen atoms in total. The lowest BCUT2D eigenvalue weighted by Gasteiger charge is -2.29. The number of nitriles is 1. The summed E-state index contributed by atoms with van der Waals surface area (Å²) in [5, 5.41) is 13.9. The lowest BCUT2D eigenvalue weighted by molar-refractivity contribution is 0.0734. The van der Waals surface area contributed by atoms with Gasteiger partial charge in [0.1, 0.15) is 11.8 Å². The second kappa shape index (κ2) is 7.77. The highest BCUT2D eigenvalue weighted by molar-refractivity contribution is 6.31. The van der Waals surface area contributed by atoms with E-state index in [4.69, 9.17) is 26.7 Å². The number of nitrogens with zero attached hydrogens (tertiary/aromatic N) is 2. The molecular formula is C24H22ClN3O2. The number of fused-ring (bicyclic) bond motifs is 3. The third-order valence-electron chi connectivity index (χ3n) is 6.64. The molecule has 0 saturated heterocycles. The van der Waals surface area contributed by atoms with Crippen molar-refractivity contribution in [2.75, 3.05) is 0 Å². The van der Waals surface area contributed by atoms with E-state index < -0.39 is 5.97 Å². The zero-order chi connectivity index (χ0) is 20.7. The molecule has 0 spiro atoms. The molecule has 2 aromatic rings. The highest BCUT2D eigenvalue weighted by Crippen LogP contribution is 2.39. The minimum absolute atomic E-state index is 0.267. The lowest BCUT2D eigenvalue weighted by Crippen LogP contribution is -2.38. The van der Waals surface area contributed by atoms with Crippen molar-refractivity contribution < 1.29 is 9.53 Å². The van der Waals surface area contributed by atoms with Crippen LogP contribution < -0.4 is 10.2 Å². The van der Waals surface area contributed by atoms with Crippen LogP contribution in [0.4, 0.5) is 0 Å². The maximum atomic E-state index is 12.6. The average molecular weight is 420 g/mol.